The van der Waals surface area contributed by atoms with Gasteiger partial charge in [-0.2, -0.15) is 0 Å². The predicted molar refractivity (Wildman–Crippen MR) is 151 cm³/mol. The standard InChI is InChI=1S/C27H19ClN2O4S3/c28-17-8-10-23-19(14-17)30(18-4-1-2-5-22(18)36-23)25(31)6-3-11-29-26(32)24(37-27(29)35)13-16-7-9-20-21(12-16)34-15-33-20/h1-2,4-5,7-10,12-14H,3,6,11,15H2/b24-13-. The summed E-state index contributed by atoms with van der Waals surface area (Å²) >= 11 is 14.6. The lowest BCUT2D eigenvalue weighted by molar-refractivity contribution is -0.123. The van der Waals surface area contributed by atoms with E-state index in [0.29, 0.717) is 38.7 Å². The van der Waals surface area contributed by atoms with E-state index in [1.54, 1.807) is 27.6 Å². The summed E-state index contributed by atoms with van der Waals surface area (Å²) in [7, 11) is 0. The molecule has 37 heavy (non-hydrogen) atoms. The van der Waals surface area contributed by atoms with Crippen molar-refractivity contribution >= 4 is 80.9 Å². The summed E-state index contributed by atoms with van der Waals surface area (Å²) in [6, 6.07) is 18.9. The summed E-state index contributed by atoms with van der Waals surface area (Å²) in [6.07, 6.45) is 2.53. The normalized spacial score (nSPS) is 16.8. The second-order valence-electron chi connectivity index (χ2n) is 8.46. The highest BCUT2D eigenvalue weighted by molar-refractivity contribution is 8.26. The second kappa shape index (κ2) is 10.1. The Morgan fingerprint density at radius 3 is 2.70 bits per heavy atom. The predicted octanol–water partition coefficient (Wildman–Crippen LogP) is 6.88. The van der Waals surface area contributed by atoms with E-state index in [1.807, 2.05) is 60.7 Å². The number of halogens is 1. The van der Waals surface area contributed by atoms with Crippen LogP contribution in [0.3, 0.4) is 0 Å². The van der Waals surface area contributed by atoms with Crippen LogP contribution in [0, 0.1) is 0 Å². The molecule has 186 valence electrons. The maximum absolute atomic E-state index is 13.5. The number of hydrogen-bond donors (Lipinski definition) is 0. The number of hydrogen-bond acceptors (Lipinski definition) is 7. The van der Waals surface area contributed by atoms with Gasteiger partial charge in [0, 0.05) is 27.8 Å². The van der Waals surface area contributed by atoms with Crippen LogP contribution in [0.25, 0.3) is 6.08 Å². The second-order valence-corrected chi connectivity index (χ2v) is 11.7. The van der Waals surface area contributed by atoms with Gasteiger partial charge in [0.05, 0.1) is 16.3 Å². The molecule has 3 aliphatic heterocycles. The molecule has 0 bridgehead atoms. The number of benzene rings is 3. The molecule has 0 radical (unpaired) electrons. The molecule has 0 unspecified atom stereocenters. The molecule has 0 aliphatic carbocycles. The summed E-state index contributed by atoms with van der Waals surface area (Å²) < 4.78 is 11.3. The van der Waals surface area contributed by atoms with Gasteiger partial charge >= 0.3 is 0 Å². The lowest BCUT2D eigenvalue weighted by Crippen LogP contribution is -2.32. The Morgan fingerprint density at radius 2 is 1.81 bits per heavy atom. The molecule has 0 saturated carbocycles. The van der Waals surface area contributed by atoms with E-state index in [1.165, 1.54) is 11.8 Å². The average Bonchev–Trinajstić information content (AvgIpc) is 3.46. The number of thioether (sulfide) groups is 1. The number of nitrogens with zero attached hydrogens (tertiary/aromatic N) is 2. The molecule has 3 aromatic rings. The van der Waals surface area contributed by atoms with Crippen LogP contribution in [0.1, 0.15) is 18.4 Å². The van der Waals surface area contributed by atoms with Crippen LogP contribution < -0.4 is 14.4 Å². The molecule has 3 aliphatic rings. The van der Waals surface area contributed by atoms with Crippen molar-refractivity contribution in [3.05, 3.63) is 76.2 Å². The van der Waals surface area contributed by atoms with Crippen molar-refractivity contribution in [3.63, 3.8) is 0 Å². The Balaban J connectivity index is 1.15. The van der Waals surface area contributed by atoms with Crippen LogP contribution in [0.4, 0.5) is 11.4 Å². The molecule has 3 heterocycles. The summed E-state index contributed by atoms with van der Waals surface area (Å²) in [5.41, 5.74) is 2.45. The zero-order chi connectivity index (χ0) is 25.5. The van der Waals surface area contributed by atoms with Gasteiger partial charge in [0.2, 0.25) is 12.7 Å². The first kappa shape index (κ1) is 24.4. The number of ether oxygens (including phenoxy) is 2. The molecular formula is C27H19ClN2O4S3. The summed E-state index contributed by atoms with van der Waals surface area (Å²) in [4.78, 5) is 32.4. The van der Waals surface area contributed by atoms with E-state index in [-0.39, 0.29) is 25.0 Å². The van der Waals surface area contributed by atoms with Crippen molar-refractivity contribution in [1.29, 1.82) is 0 Å². The first-order chi connectivity index (χ1) is 18.0. The molecule has 6 nitrogen and oxygen atoms in total. The van der Waals surface area contributed by atoms with E-state index >= 15 is 0 Å². The Bertz CT molecular complexity index is 1490. The first-order valence-corrected chi connectivity index (χ1v) is 13.9. The fourth-order valence-corrected chi connectivity index (χ4v) is 6.86. The topological polar surface area (TPSA) is 59.1 Å². The smallest absolute Gasteiger partial charge is 0.266 e. The third-order valence-electron chi connectivity index (χ3n) is 6.08. The third kappa shape index (κ3) is 4.72. The number of carbonyl (C=O) groups excluding carboxylic acids is 2. The maximum Gasteiger partial charge on any atom is 0.266 e. The molecule has 0 N–H and O–H groups in total. The quantitative estimate of drug-likeness (QED) is 0.246. The molecule has 0 aromatic heterocycles. The van der Waals surface area contributed by atoms with Gasteiger partial charge in [-0.25, -0.2) is 0 Å². The van der Waals surface area contributed by atoms with Gasteiger partial charge in [0.25, 0.3) is 5.91 Å². The molecule has 10 heteroatoms. The van der Waals surface area contributed by atoms with E-state index in [0.717, 1.165) is 26.7 Å². The Kier molecular flexibility index (Phi) is 6.62. The van der Waals surface area contributed by atoms with Crippen molar-refractivity contribution in [2.24, 2.45) is 0 Å². The van der Waals surface area contributed by atoms with Crippen molar-refractivity contribution in [2.75, 3.05) is 18.2 Å². The lowest BCUT2D eigenvalue weighted by Gasteiger charge is -2.31. The number of amides is 2. The van der Waals surface area contributed by atoms with Gasteiger partial charge < -0.3 is 9.47 Å². The number of rotatable bonds is 5. The minimum Gasteiger partial charge on any atom is -0.454 e. The minimum absolute atomic E-state index is 0.0578. The summed E-state index contributed by atoms with van der Waals surface area (Å²) in [6.45, 7) is 0.557. The van der Waals surface area contributed by atoms with Crippen LogP contribution in [-0.2, 0) is 9.59 Å². The van der Waals surface area contributed by atoms with Crippen molar-refractivity contribution < 1.29 is 19.1 Å². The van der Waals surface area contributed by atoms with Crippen LogP contribution in [0.5, 0.6) is 11.5 Å². The molecule has 0 spiro atoms. The monoisotopic (exact) mass is 566 g/mol. The van der Waals surface area contributed by atoms with Gasteiger partial charge in [0.15, 0.2) is 11.5 Å². The number of anilines is 2. The number of para-hydroxylation sites is 1. The lowest BCUT2D eigenvalue weighted by atomic mass is 10.1. The molecule has 6 rings (SSSR count). The first-order valence-electron chi connectivity index (χ1n) is 11.5. The van der Waals surface area contributed by atoms with E-state index in [9.17, 15) is 9.59 Å². The fourth-order valence-electron chi connectivity index (χ4n) is 4.34. The van der Waals surface area contributed by atoms with E-state index in [4.69, 9.17) is 33.3 Å². The van der Waals surface area contributed by atoms with Gasteiger partial charge in [-0.15, -0.1) is 0 Å². The van der Waals surface area contributed by atoms with Gasteiger partial charge in [0.1, 0.15) is 4.32 Å². The fraction of sp³-hybridized carbons (Fsp3) is 0.148. The van der Waals surface area contributed by atoms with Gasteiger partial charge in [-0.3, -0.25) is 19.4 Å². The highest BCUT2D eigenvalue weighted by Crippen LogP contribution is 2.49. The largest absolute Gasteiger partial charge is 0.454 e. The third-order valence-corrected chi connectivity index (χ3v) is 8.82. The molecule has 0 atom stereocenters. The molecule has 1 saturated heterocycles. The van der Waals surface area contributed by atoms with Crippen LogP contribution in [0.15, 0.2) is 75.4 Å². The van der Waals surface area contributed by atoms with E-state index in [2.05, 4.69) is 0 Å². The average molecular weight is 567 g/mol. The molecule has 2 amide bonds. The maximum atomic E-state index is 13.5. The minimum atomic E-state index is -0.156. The molecule has 3 aromatic carbocycles. The van der Waals surface area contributed by atoms with Gasteiger partial charge in [-0.1, -0.05) is 65.5 Å². The van der Waals surface area contributed by atoms with Crippen LogP contribution >= 0.6 is 47.3 Å². The zero-order valence-corrected chi connectivity index (χ0v) is 22.5. The van der Waals surface area contributed by atoms with Crippen LogP contribution in [-0.4, -0.2) is 34.4 Å². The molecular weight excluding hydrogens is 548 g/mol. The van der Waals surface area contributed by atoms with Crippen LogP contribution in [0.2, 0.25) is 5.02 Å². The zero-order valence-electron chi connectivity index (χ0n) is 19.3. The Labute approximate surface area is 232 Å². The number of carbonyl (C=O) groups is 2. The van der Waals surface area contributed by atoms with Crippen molar-refractivity contribution in [2.45, 2.75) is 22.6 Å². The van der Waals surface area contributed by atoms with E-state index < -0.39 is 0 Å². The van der Waals surface area contributed by atoms with Crippen molar-refractivity contribution in [1.82, 2.24) is 4.90 Å². The Morgan fingerprint density at radius 1 is 1.00 bits per heavy atom. The SMILES string of the molecule is O=C1/C(=C/c2ccc3c(c2)OCO3)SC(=S)N1CCCC(=O)N1c2ccccc2Sc2ccc(Cl)cc21. The highest BCUT2D eigenvalue weighted by atomic mass is 35.5. The number of fused-ring (bicyclic) bond motifs is 3. The summed E-state index contributed by atoms with van der Waals surface area (Å²) in [5, 5.41) is 0.573. The highest BCUT2D eigenvalue weighted by Gasteiger charge is 2.33. The number of thiocarbonyl (C=S) groups is 1. The van der Waals surface area contributed by atoms with Crippen molar-refractivity contribution in [3.8, 4) is 11.5 Å². The summed E-state index contributed by atoms with van der Waals surface area (Å²) in [5.74, 6) is 1.13. The van der Waals surface area contributed by atoms with Gasteiger partial charge in [-0.05, 0) is 60.5 Å². The molecule has 1 fully saturated rings. The Hall–Kier alpha value is -2.98.